The summed E-state index contributed by atoms with van der Waals surface area (Å²) in [6.07, 6.45) is 5.11. The van der Waals surface area contributed by atoms with Gasteiger partial charge in [0.2, 0.25) is 0 Å². The van der Waals surface area contributed by atoms with E-state index >= 15 is 4.39 Å². The molecule has 11 nitrogen and oxygen atoms in total. The first kappa shape index (κ1) is 20.9. The minimum absolute atomic E-state index is 0.0833. The monoisotopic (exact) mass is 434 g/mol. The highest BCUT2D eigenvalue weighted by molar-refractivity contribution is 5.98. The highest BCUT2D eigenvalue weighted by Gasteiger charge is 2.31. The second kappa shape index (κ2) is 9.17. The fraction of sp³-hybridized carbons (Fsp3) is 0.250. The Labute approximate surface area is 182 Å². The Kier molecular flexibility index (Phi) is 5.98. The van der Waals surface area contributed by atoms with Gasteiger partial charge in [0.15, 0.2) is 11.5 Å². The standard InChI is InChI=1S/C20H19FN10O/c21-14-11-31(19-2-1-12(8-22)29-30-19)6-3-15(14)27-16-7-17(26-9-13(16)20(23)32)28-18-10-24-4-5-25-18/h1-2,4-5,7,9-10,14-15H,3,6,11H2,(H2,23,32)(H2,25,26,27,28)/t14-,15-/m1/s1. The molecular weight excluding hydrogens is 415 g/mol. The van der Waals surface area contributed by atoms with Crippen LogP contribution in [0.25, 0.3) is 0 Å². The Balaban J connectivity index is 1.48. The van der Waals surface area contributed by atoms with Gasteiger partial charge < -0.3 is 21.3 Å². The zero-order valence-electron chi connectivity index (χ0n) is 16.8. The summed E-state index contributed by atoms with van der Waals surface area (Å²) >= 11 is 0. The SMILES string of the molecule is N#Cc1ccc(N2CC[C@@H](Nc3cc(Nc4cnccn4)ncc3C(N)=O)[C@H](F)C2)nn1. The molecule has 0 saturated carbocycles. The van der Waals surface area contributed by atoms with Crippen molar-refractivity contribution in [2.75, 3.05) is 28.6 Å². The number of halogens is 1. The summed E-state index contributed by atoms with van der Waals surface area (Å²) in [6.45, 7) is 0.598. The zero-order valence-corrected chi connectivity index (χ0v) is 16.8. The summed E-state index contributed by atoms with van der Waals surface area (Å²) in [6, 6.07) is 6.12. The maximum atomic E-state index is 15.0. The molecule has 3 aromatic rings. The number of hydrogen-bond donors (Lipinski definition) is 3. The number of nitrogens with one attached hydrogen (secondary N) is 2. The number of rotatable bonds is 6. The van der Waals surface area contributed by atoms with Crippen LogP contribution in [0.15, 0.2) is 43.0 Å². The molecule has 0 unspecified atom stereocenters. The summed E-state index contributed by atoms with van der Waals surface area (Å²) in [4.78, 5) is 25.9. The molecule has 0 radical (unpaired) electrons. The van der Waals surface area contributed by atoms with Crippen LogP contribution in [-0.2, 0) is 0 Å². The molecule has 1 fully saturated rings. The predicted molar refractivity (Wildman–Crippen MR) is 114 cm³/mol. The third kappa shape index (κ3) is 4.67. The van der Waals surface area contributed by atoms with Crippen molar-refractivity contribution in [1.82, 2.24) is 25.1 Å². The second-order valence-electron chi connectivity index (χ2n) is 7.09. The number of nitrogens with zero attached hydrogens (tertiary/aromatic N) is 7. The van der Waals surface area contributed by atoms with Gasteiger partial charge in [-0.05, 0) is 18.6 Å². The van der Waals surface area contributed by atoms with Gasteiger partial charge in [0.25, 0.3) is 5.91 Å². The topological polar surface area (TPSA) is 159 Å². The number of primary amides is 1. The first-order valence-electron chi connectivity index (χ1n) is 9.76. The van der Waals surface area contributed by atoms with Crippen molar-refractivity contribution >= 4 is 29.0 Å². The van der Waals surface area contributed by atoms with Crippen molar-refractivity contribution in [3.05, 3.63) is 54.2 Å². The van der Waals surface area contributed by atoms with Gasteiger partial charge in [0, 0.05) is 31.2 Å². The number of anilines is 4. The normalized spacial score (nSPS) is 17.9. The van der Waals surface area contributed by atoms with E-state index in [0.29, 0.717) is 36.1 Å². The van der Waals surface area contributed by atoms with E-state index < -0.39 is 18.1 Å². The number of aromatic nitrogens is 5. The smallest absolute Gasteiger partial charge is 0.252 e. The van der Waals surface area contributed by atoms with Crippen LogP contribution < -0.4 is 21.3 Å². The molecule has 2 atom stereocenters. The molecule has 0 spiro atoms. The number of amides is 1. The Morgan fingerprint density at radius 2 is 2.09 bits per heavy atom. The molecule has 0 aromatic carbocycles. The number of alkyl halides is 1. The number of nitrogens with two attached hydrogens (primary N) is 1. The van der Waals surface area contributed by atoms with Crippen LogP contribution >= 0.6 is 0 Å². The van der Waals surface area contributed by atoms with Crippen molar-refractivity contribution in [3.8, 4) is 6.07 Å². The van der Waals surface area contributed by atoms with Gasteiger partial charge in [-0.2, -0.15) is 5.26 Å². The average molecular weight is 434 g/mol. The number of pyridine rings is 1. The van der Waals surface area contributed by atoms with Crippen molar-refractivity contribution in [3.63, 3.8) is 0 Å². The van der Waals surface area contributed by atoms with E-state index in [2.05, 4.69) is 35.8 Å². The highest BCUT2D eigenvalue weighted by Crippen LogP contribution is 2.26. The van der Waals surface area contributed by atoms with Gasteiger partial charge in [-0.1, -0.05) is 0 Å². The van der Waals surface area contributed by atoms with Gasteiger partial charge in [0.1, 0.15) is 23.9 Å². The lowest BCUT2D eigenvalue weighted by Crippen LogP contribution is -2.48. The minimum atomic E-state index is -1.26. The molecule has 1 saturated heterocycles. The van der Waals surface area contributed by atoms with Gasteiger partial charge in [0.05, 0.1) is 30.0 Å². The average Bonchev–Trinajstić information content (AvgIpc) is 2.81. The van der Waals surface area contributed by atoms with Gasteiger partial charge >= 0.3 is 0 Å². The summed E-state index contributed by atoms with van der Waals surface area (Å²) in [5, 5.41) is 22.7. The van der Waals surface area contributed by atoms with Crippen LogP contribution in [0.2, 0.25) is 0 Å². The summed E-state index contributed by atoms with van der Waals surface area (Å²) in [5.74, 6) is 0.700. The largest absolute Gasteiger partial charge is 0.378 e. The van der Waals surface area contributed by atoms with Crippen LogP contribution in [0.1, 0.15) is 22.5 Å². The lowest BCUT2D eigenvalue weighted by molar-refractivity contribution is 0.100. The number of piperidine rings is 1. The third-order valence-corrected chi connectivity index (χ3v) is 4.96. The molecule has 12 heteroatoms. The van der Waals surface area contributed by atoms with Crippen molar-refractivity contribution in [2.45, 2.75) is 18.6 Å². The summed E-state index contributed by atoms with van der Waals surface area (Å²) in [7, 11) is 0. The summed E-state index contributed by atoms with van der Waals surface area (Å²) in [5.41, 5.74) is 6.20. The lowest BCUT2D eigenvalue weighted by atomic mass is 10.0. The molecule has 1 aliphatic rings. The van der Waals surface area contributed by atoms with Crippen LogP contribution in [0.4, 0.5) is 27.5 Å². The fourth-order valence-electron chi connectivity index (χ4n) is 3.36. The first-order chi connectivity index (χ1) is 15.5. The Bertz CT molecular complexity index is 1140. The predicted octanol–water partition coefficient (Wildman–Crippen LogP) is 1.40. The maximum absolute atomic E-state index is 15.0. The molecule has 32 heavy (non-hydrogen) atoms. The lowest BCUT2D eigenvalue weighted by Gasteiger charge is -2.36. The van der Waals surface area contributed by atoms with E-state index in [1.54, 1.807) is 29.3 Å². The molecule has 0 bridgehead atoms. The minimum Gasteiger partial charge on any atom is -0.378 e. The van der Waals surface area contributed by atoms with Crippen molar-refractivity contribution in [2.24, 2.45) is 5.73 Å². The molecule has 4 rings (SSSR count). The molecule has 1 amide bonds. The van der Waals surface area contributed by atoms with E-state index in [-0.39, 0.29) is 17.8 Å². The Morgan fingerprint density at radius 3 is 2.75 bits per heavy atom. The van der Waals surface area contributed by atoms with Crippen LogP contribution in [0.3, 0.4) is 0 Å². The third-order valence-electron chi connectivity index (χ3n) is 4.96. The molecule has 162 valence electrons. The fourth-order valence-corrected chi connectivity index (χ4v) is 3.36. The first-order valence-corrected chi connectivity index (χ1v) is 9.76. The highest BCUT2D eigenvalue weighted by atomic mass is 19.1. The number of carbonyl (C=O) groups excluding carboxylic acids is 1. The van der Waals surface area contributed by atoms with E-state index in [1.807, 2.05) is 6.07 Å². The van der Waals surface area contributed by atoms with E-state index in [1.165, 1.54) is 18.6 Å². The molecule has 3 aromatic heterocycles. The zero-order chi connectivity index (χ0) is 22.5. The van der Waals surface area contributed by atoms with Crippen molar-refractivity contribution < 1.29 is 9.18 Å². The van der Waals surface area contributed by atoms with Crippen LogP contribution in [-0.4, -0.2) is 56.4 Å². The second-order valence-corrected chi connectivity index (χ2v) is 7.09. The van der Waals surface area contributed by atoms with Crippen LogP contribution in [0, 0.1) is 11.3 Å². The number of nitriles is 1. The molecule has 4 N–H and O–H groups in total. The summed E-state index contributed by atoms with van der Waals surface area (Å²) < 4.78 is 15.0. The molecule has 0 aliphatic carbocycles. The maximum Gasteiger partial charge on any atom is 0.252 e. The Morgan fingerprint density at radius 1 is 1.22 bits per heavy atom. The van der Waals surface area contributed by atoms with Crippen molar-refractivity contribution in [1.29, 1.82) is 5.26 Å². The number of hydrogen-bond acceptors (Lipinski definition) is 10. The number of carbonyl (C=O) groups is 1. The van der Waals surface area contributed by atoms with Crippen LogP contribution in [0.5, 0.6) is 0 Å². The quantitative estimate of drug-likeness (QED) is 0.518. The van der Waals surface area contributed by atoms with Gasteiger partial charge in [-0.3, -0.25) is 9.78 Å². The Hall–Kier alpha value is -4.40. The molecular formula is C20H19FN10O. The molecule has 1 aliphatic heterocycles. The van der Waals surface area contributed by atoms with E-state index in [4.69, 9.17) is 11.0 Å². The van der Waals surface area contributed by atoms with Gasteiger partial charge in [-0.25, -0.2) is 14.4 Å². The molecule has 4 heterocycles. The van der Waals surface area contributed by atoms with E-state index in [0.717, 1.165) is 0 Å². The van der Waals surface area contributed by atoms with Gasteiger partial charge in [-0.15, -0.1) is 10.2 Å². The van der Waals surface area contributed by atoms with E-state index in [9.17, 15) is 4.79 Å².